The van der Waals surface area contributed by atoms with Crippen LogP contribution in [0, 0.1) is 0 Å². The van der Waals surface area contributed by atoms with Gasteiger partial charge in [-0.05, 0) is 34.5 Å². The predicted molar refractivity (Wildman–Crippen MR) is 88.6 cm³/mol. The highest BCUT2D eigenvalue weighted by molar-refractivity contribution is 7.17. The quantitative estimate of drug-likeness (QED) is 0.689. The topological polar surface area (TPSA) is 63.7 Å². The number of fused-ring (bicyclic) bond motifs is 2. The van der Waals surface area contributed by atoms with Crippen molar-refractivity contribution in [2.45, 2.75) is 6.42 Å². The molecule has 2 heterocycles. The molecule has 2 aromatic carbocycles. The fourth-order valence-electron chi connectivity index (χ4n) is 2.71. The number of hydroxylamine groups is 2. The molecule has 5 nitrogen and oxygen atoms in total. The lowest BCUT2D eigenvalue weighted by Gasteiger charge is -2.12. The molecule has 2 amide bonds. The van der Waals surface area contributed by atoms with Gasteiger partial charge in [0.2, 0.25) is 0 Å². The first kappa shape index (κ1) is 14.6. The van der Waals surface area contributed by atoms with Gasteiger partial charge >= 0.3 is 5.97 Å². The average Bonchev–Trinajstić information content (AvgIpc) is 3.11. The molecule has 0 atom stereocenters. The van der Waals surface area contributed by atoms with Crippen molar-refractivity contribution in [2.24, 2.45) is 0 Å². The van der Waals surface area contributed by atoms with E-state index in [1.807, 2.05) is 29.6 Å². The lowest BCUT2D eigenvalue weighted by Crippen LogP contribution is -2.33. The Bertz CT molecular complexity index is 956. The lowest BCUT2D eigenvalue weighted by molar-refractivity contribution is -0.167. The van der Waals surface area contributed by atoms with E-state index in [1.165, 1.54) is 23.5 Å². The summed E-state index contributed by atoms with van der Waals surface area (Å²) in [6.07, 6.45) is -0.00256. The van der Waals surface area contributed by atoms with Crippen molar-refractivity contribution in [3.8, 4) is 0 Å². The summed E-state index contributed by atoms with van der Waals surface area (Å²) in [6.45, 7) is 0. The summed E-state index contributed by atoms with van der Waals surface area (Å²) in [6, 6.07) is 14.1. The van der Waals surface area contributed by atoms with Gasteiger partial charge in [-0.1, -0.05) is 35.4 Å². The van der Waals surface area contributed by atoms with Crippen molar-refractivity contribution < 1.29 is 19.2 Å². The molecule has 3 aromatic rings. The summed E-state index contributed by atoms with van der Waals surface area (Å²) < 4.78 is 1.07. The number of hydrogen-bond donors (Lipinski definition) is 0. The standard InChI is InChI=1S/C18H11NO4S/c20-16(9-11-10-24-15-8-4-3-5-12(11)15)23-19-17(21)13-6-1-2-7-14(13)18(19)22/h1-8,10H,9H2. The van der Waals surface area contributed by atoms with E-state index in [0.717, 1.165) is 15.6 Å². The average molecular weight is 337 g/mol. The van der Waals surface area contributed by atoms with Gasteiger partial charge in [-0.2, -0.15) is 0 Å². The number of thiophene rings is 1. The molecule has 0 bridgehead atoms. The minimum absolute atomic E-state index is 0.00256. The smallest absolute Gasteiger partial charge is 0.329 e. The summed E-state index contributed by atoms with van der Waals surface area (Å²) in [5.41, 5.74) is 1.31. The predicted octanol–water partition coefficient (Wildman–Crippen LogP) is 3.20. The highest BCUT2D eigenvalue weighted by atomic mass is 32.1. The third-order valence-electron chi connectivity index (χ3n) is 3.85. The molecule has 1 aliphatic heterocycles. The van der Waals surface area contributed by atoms with Gasteiger partial charge in [0.05, 0.1) is 17.5 Å². The molecule has 0 spiro atoms. The SMILES string of the molecule is O=C(Cc1csc2ccccc12)ON1C(=O)c2ccccc2C1=O. The van der Waals surface area contributed by atoms with E-state index in [2.05, 4.69) is 0 Å². The molecule has 6 heteroatoms. The normalized spacial score (nSPS) is 13.4. The molecule has 0 saturated heterocycles. The Morgan fingerprint density at radius 2 is 1.58 bits per heavy atom. The third-order valence-corrected chi connectivity index (χ3v) is 4.86. The highest BCUT2D eigenvalue weighted by Gasteiger charge is 2.38. The van der Waals surface area contributed by atoms with Gasteiger partial charge in [0, 0.05) is 4.70 Å². The number of carbonyl (C=O) groups is 3. The zero-order valence-electron chi connectivity index (χ0n) is 12.4. The van der Waals surface area contributed by atoms with Crippen LogP contribution in [0.5, 0.6) is 0 Å². The molecule has 1 aliphatic rings. The van der Waals surface area contributed by atoms with E-state index in [1.54, 1.807) is 12.1 Å². The Labute approximate surface area is 141 Å². The van der Waals surface area contributed by atoms with Crippen LogP contribution in [-0.4, -0.2) is 22.8 Å². The molecule has 24 heavy (non-hydrogen) atoms. The van der Waals surface area contributed by atoms with Crippen molar-refractivity contribution in [1.82, 2.24) is 5.06 Å². The van der Waals surface area contributed by atoms with Crippen LogP contribution < -0.4 is 0 Å². The number of nitrogens with zero attached hydrogens (tertiary/aromatic N) is 1. The van der Waals surface area contributed by atoms with E-state index in [9.17, 15) is 14.4 Å². The molecule has 0 aliphatic carbocycles. The Balaban J connectivity index is 1.53. The molecule has 0 saturated carbocycles. The number of hydrogen-bond acceptors (Lipinski definition) is 5. The van der Waals surface area contributed by atoms with Crippen LogP contribution in [0.3, 0.4) is 0 Å². The molecule has 0 unspecified atom stereocenters. The molecule has 4 rings (SSSR count). The zero-order chi connectivity index (χ0) is 16.7. The fourth-order valence-corrected chi connectivity index (χ4v) is 3.67. The largest absolute Gasteiger partial charge is 0.337 e. The Hall–Kier alpha value is -2.99. The second-order valence-corrected chi connectivity index (χ2v) is 6.26. The number of benzene rings is 2. The van der Waals surface area contributed by atoms with Gasteiger partial charge in [-0.3, -0.25) is 9.59 Å². The summed E-state index contributed by atoms with van der Waals surface area (Å²) in [5, 5.41) is 3.40. The number of imide groups is 1. The van der Waals surface area contributed by atoms with E-state index in [0.29, 0.717) is 5.06 Å². The van der Waals surface area contributed by atoms with Crippen LogP contribution in [0.25, 0.3) is 10.1 Å². The summed E-state index contributed by atoms with van der Waals surface area (Å²) >= 11 is 1.53. The minimum atomic E-state index is -0.645. The highest BCUT2D eigenvalue weighted by Crippen LogP contribution is 2.27. The number of amides is 2. The van der Waals surface area contributed by atoms with Crippen LogP contribution in [0.15, 0.2) is 53.9 Å². The van der Waals surface area contributed by atoms with Crippen LogP contribution in [0.4, 0.5) is 0 Å². The molecule has 1 aromatic heterocycles. The molecule has 0 N–H and O–H groups in total. The second-order valence-electron chi connectivity index (χ2n) is 5.35. The maximum absolute atomic E-state index is 12.2. The summed E-state index contributed by atoms with van der Waals surface area (Å²) in [4.78, 5) is 41.6. The molecule has 118 valence electrons. The fraction of sp³-hybridized carbons (Fsp3) is 0.0556. The lowest BCUT2D eigenvalue weighted by atomic mass is 10.1. The van der Waals surface area contributed by atoms with Gasteiger partial charge in [0.1, 0.15) is 0 Å². The summed E-state index contributed by atoms with van der Waals surface area (Å²) in [7, 11) is 0. The van der Waals surface area contributed by atoms with E-state index in [4.69, 9.17) is 4.84 Å². The Morgan fingerprint density at radius 3 is 2.29 bits per heavy atom. The van der Waals surface area contributed by atoms with Crippen LogP contribution in [-0.2, 0) is 16.1 Å². The maximum atomic E-state index is 12.2. The Morgan fingerprint density at radius 1 is 0.958 bits per heavy atom. The first-order valence-electron chi connectivity index (χ1n) is 7.29. The van der Waals surface area contributed by atoms with Crippen LogP contribution in [0.2, 0.25) is 0 Å². The summed E-state index contributed by atoms with van der Waals surface area (Å²) in [5.74, 6) is -1.87. The minimum Gasteiger partial charge on any atom is -0.329 e. The molecule has 0 radical (unpaired) electrons. The maximum Gasteiger partial charge on any atom is 0.337 e. The molecular weight excluding hydrogens is 326 g/mol. The van der Waals surface area contributed by atoms with Gasteiger partial charge in [0.15, 0.2) is 0 Å². The monoisotopic (exact) mass is 337 g/mol. The van der Waals surface area contributed by atoms with Crippen molar-refractivity contribution in [3.05, 3.63) is 70.6 Å². The first-order chi connectivity index (χ1) is 11.6. The van der Waals surface area contributed by atoms with Crippen molar-refractivity contribution in [2.75, 3.05) is 0 Å². The van der Waals surface area contributed by atoms with Crippen molar-refractivity contribution in [1.29, 1.82) is 0 Å². The van der Waals surface area contributed by atoms with E-state index < -0.39 is 17.8 Å². The Kier molecular flexibility index (Phi) is 3.39. The van der Waals surface area contributed by atoms with Crippen LogP contribution >= 0.6 is 11.3 Å². The van der Waals surface area contributed by atoms with Gasteiger partial charge in [-0.25, -0.2) is 4.79 Å². The first-order valence-corrected chi connectivity index (χ1v) is 8.17. The molecule has 0 fully saturated rings. The van der Waals surface area contributed by atoms with Gasteiger partial charge < -0.3 is 4.84 Å². The van der Waals surface area contributed by atoms with Crippen molar-refractivity contribution >= 4 is 39.2 Å². The number of carbonyl (C=O) groups excluding carboxylic acids is 3. The number of rotatable bonds is 3. The van der Waals surface area contributed by atoms with Crippen molar-refractivity contribution in [3.63, 3.8) is 0 Å². The van der Waals surface area contributed by atoms with Gasteiger partial charge in [0.25, 0.3) is 11.8 Å². The van der Waals surface area contributed by atoms with Gasteiger partial charge in [-0.15, -0.1) is 11.3 Å². The molecular formula is C18H11NO4S. The third kappa shape index (κ3) is 2.28. The van der Waals surface area contributed by atoms with E-state index >= 15 is 0 Å². The van der Waals surface area contributed by atoms with E-state index in [-0.39, 0.29) is 17.5 Å². The zero-order valence-corrected chi connectivity index (χ0v) is 13.2. The second kappa shape index (κ2) is 5.58. The van der Waals surface area contributed by atoms with Crippen LogP contribution in [0.1, 0.15) is 26.3 Å².